The Hall–Kier alpha value is -0.110. The van der Waals surface area contributed by atoms with Gasteiger partial charge in [0.05, 0.1) is 5.56 Å². The van der Waals surface area contributed by atoms with E-state index in [1.165, 1.54) is 6.20 Å². The Kier molecular flexibility index (Phi) is 4.36. The van der Waals surface area contributed by atoms with Gasteiger partial charge in [-0.15, -0.1) is 0 Å². The van der Waals surface area contributed by atoms with Crippen LogP contribution in [0, 0.1) is 3.57 Å². The molecule has 0 N–H and O–H groups in total. The first kappa shape index (κ1) is 12.0. The molecule has 0 atom stereocenters. The van der Waals surface area contributed by atoms with E-state index in [-0.39, 0.29) is 16.6 Å². The van der Waals surface area contributed by atoms with Gasteiger partial charge in [-0.1, -0.05) is 15.9 Å². The van der Waals surface area contributed by atoms with Gasteiger partial charge in [-0.2, -0.15) is 0 Å². The summed E-state index contributed by atoms with van der Waals surface area (Å²) < 4.78 is 25.9. The summed E-state index contributed by atoms with van der Waals surface area (Å²) in [7, 11) is 0. The van der Waals surface area contributed by atoms with E-state index >= 15 is 0 Å². The lowest BCUT2D eigenvalue weighted by Gasteiger charge is -2.09. The predicted octanol–water partition coefficient (Wildman–Crippen LogP) is 3.33. The van der Waals surface area contributed by atoms with Crippen molar-refractivity contribution in [3.05, 3.63) is 26.6 Å². The highest BCUT2D eigenvalue weighted by molar-refractivity contribution is 14.1. The van der Waals surface area contributed by atoms with E-state index < -0.39 is 6.43 Å². The molecule has 0 aliphatic rings. The number of pyridine rings is 1. The van der Waals surface area contributed by atoms with Crippen molar-refractivity contribution in [2.75, 3.05) is 0 Å². The quantitative estimate of drug-likeness (QED) is 0.461. The van der Waals surface area contributed by atoms with E-state index in [4.69, 9.17) is 0 Å². The van der Waals surface area contributed by atoms with Crippen LogP contribution in [0.15, 0.2) is 6.20 Å². The Labute approximate surface area is 101 Å². The van der Waals surface area contributed by atoms with E-state index in [1.807, 2.05) is 22.6 Å². The Morgan fingerprint density at radius 3 is 2.71 bits per heavy atom. The van der Waals surface area contributed by atoms with E-state index in [9.17, 15) is 13.6 Å². The maximum Gasteiger partial charge on any atom is 0.266 e. The summed E-state index contributed by atoms with van der Waals surface area (Å²) in [6.07, 6.45) is -0.916. The third-order valence-corrected chi connectivity index (χ3v) is 3.16. The Bertz CT molecular complexity index is 359. The smallest absolute Gasteiger partial charge is 0.266 e. The van der Waals surface area contributed by atoms with Gasteiger partial charge in [0.1, 0.15) is 5.69 Å². The molecular formula is C8H5BrF2INO. The molecule has 0 radical (unpaired) electrons. The van der Waals surface area contributed by atoms with E-state index in [2.05, 4.69) is 20.9 Å². The fourth-order valence-electron chi connectivity index (χ4n) is 1.03. The van der Waals surface area contributed by atoms with E-state index in [0.29, 0.717) is 15.4 Å². The summed E-state index contributed by atoms with van der Waals surface area (Å²) in [4.78, 5) is 14.1. The molecule has 0 saturated heterocycles. The number of nitrogens with zero attached hydrogens (tertiary/aromatic N) is 1. The van der Waals surface area contributed by atoms with Crippen molar-refractivity contribution in [2.45, 2.75) is 11.8 Å². The number of alkyl halides is 3. The van der Waals surface area contributed by atoms with Crippen LogP contribution >= 0.6 is 38.5 Å². The van der Waals surface area contributed by atoms with Crippen LogP contribution in [0.2, 0.25) is 0 Å². The first-order valence-corrected chi connectivity index (χ1v) is 5.78. The largest absolute Gasteiger partial charge is 0.296 e. The molecule has 1 aromatic rings. The van der Waals surface area contributed by atoms with E-state index in [1.54, 1.807) is 0 Å². The van der Waals surface area contributed by atoms with Gasteiger partial charge in [-0.3, -0.25) is 9.78 Å². The van der Waals surface area contributed by atoms with Crippen molar-refractivity contribution in [1.29, 1.82) is 0 Å². The van der Waals surface area contributed by atoms with Crippen LogP contribution in [0.25, 0.3) is 0 Å². The lowest BCUT2D eigenvalue weighted by atomic mass is 10.1. The first-order chi connectivity index (χ1) is 6.61. The minimum Gasteiger partial charge on any atom is -0.296 e. The third-order valence-electron chi connectivity index (χ3n) is 1.67. The standard InChI is InChI=1S/C8H5BrF2INO/c9-1-4-5(12)2-13-6(3-14)7(4)8(10)11/h2-3,8H,1H2. The zero-order chi connectivity index (χ0) is 10.7. The van der Waals surface area contributed by atoms with Crippen molar-refractivity contribution in [3.63, 3.8) is 0 Å². The third kappa shape index (κ3) is 2.28. The summed E-state index contributed by atoms with van der Waals surface area (Å²) in [5.74, 6) is 0. The van der Waals surface area contributed by atoms with E-state index in [0.717, 1.165) is 0 Å². The second-order valence-electron chi connectivity index (χ2n) is 2.44. The predicted molar refractivity (Wildman–Crippen MR) is 59.9 cm³/mol. The number of carbonyl (C=O) groups excluding carboxylic acids is 1. The van der Waals surface area contributed by atoms with Crippen LogP contribution in [0.3, 0.4) is 0 Å². The Morgan fingerprint density at radius 1 is 1.64 bits per heavy atom. The lowest BCUT2D eigenvalue weighted by Crippen LogP contribution is -2.04. The van der Waals surface area contributed by atoms with Gasteiger partial charge in [0.15, 0.2) is 6.29 Å². The van der Waals surface area contributed by atoms with Gasteiger partial charge in [-0.05, 0) is 28.2 Å². The first-order valence-electron chi connectivity index (χ1n) is 3.58. The summed E-state index contributed by atoms with van der Waals surface area (Å²) in [5, 5.41) is 0.286. The van der Waals surface area contributed by atoms with Crippen molar-refractivity contribution >= 4 is 44.8 Å². The molecule has 0 saturated carbocycles. The molecule has 1 heterocycles. The summed E-state index contributed by atoms with van der Waals surface area (Å²) in [6.45, 7) is 0. The number of rotatable bonds is 3. The van der Waals surface area contributed by atoms with Crippen LogP contribution in [0.4, 0.5) is 8.78 Å². The Balaban J connectivity index is 3.43. The molecule has 0 fully saturated rings. The fraction of sp³-hybridized carbons (Fsp3) is 0.250. The molecule has 1 aromatic heterocycles. The number of halogens is 4. The number of hydrogen-bond donors (Lipinski definition) is 0. The Morgan fingerprint density at radius 2 is 2.29 bits per heavy atom. The van der Waals surface area contributed by atoms with Crippen molar-refractivity contribution < 1.29 is 13.6 Å². The normalized spacial score (nSPS) is 10.6. The number of aldehydes is 1. The molecule has 0 spiro atoms. The maximum atomic E-state index is 12.6. The zero-order valence-corrected chi connectivity index (χ0v) is 10.5. The molecule has 2 nitrogen and oxygen atoms in total. The van der Waals surface area contributed by atoms with Crippen LogP contribution < -0.4 is 0 Å². The SMILES string of the molecule is O=Cc1ncc(I)c(CBr)c1C(F)F. The van der Waals surface area contributed by atoms with Crippen LogP contribution in [-0.4, -0.2) is 11.3 Å². The molecule has 1 rings (SSSR count). The lowest BCUT2D eigenvalue weighted by molar-refractivity contribution is 0.110. The van der Waals surface area contributed by atoms with Crippen LogP contribution in [0.1, 0.15) is 28.0 Å². The monoisotopic (exact) mass is 375 g/mol. The van der Waals surface area contributed by atoms with Gasteiger partial charge in [0, 0.05) is 15.1 Å². The minimum atomic E-state index is -2.68. The zero-order valence-electron chi connectivity index (χ0n) is 6.81. The molecule has 0 amide bonds. The number of carbonyl (C=O) groups is 1. The fourth-order valence-corrected chi connectivity index (χ4v) is 2.78. The molecule has 0 unspecified atom stereocenters. The molecule has 14 heavy (non-hydrogen) atoms. The minimum absolute atomic E-state index is 0.185. The molecule has 0 aliphatic carbocycles. The molecular weight excluding hydrogens is 371 g/mol. The molecule has 76 valence electrons. The van der Waals surface area contributed by atoms with Gasteiger partial charge >= 0.3 is 0 Å². The highest BCUT2D eigenvalue weighted by Crippen LogP contribution is 2.29. The highest BCUT2D eigenvalue weighted by atomic mass is 127. The van der Waals surface area contributed by atoms with Crippen molar-refractivity contribution in [1.82, 2.24) is 4.98 Å². The molecule has 0 bridgehead atoms. The average Bonchev–Trinajstić information content (AvgIpc) is 2.17. The molecule has 0 aromatic carbocycles. The second-order valence-corrected chi connectivity index (χ2v) is 4.16. The van der Waals surface area contributed by atoms with Gasteiger partial charge in [0.25, 0.3) is 6.43 Å². The maximum absolute atomic E-state index is 12.6. The van der Waals surface area contributed by atoms with Gasteiger partial charge in [0.2, 0.25) is 0 Å². The number of aromatic nitrogens is 1. The molecule has 0 aliphatic heterocycles. The summed E-state index contributed by atoms with van der Waals surface area (Å²) in [5.41, 5.74) is -0.0312. The van der Waals surface area contributed by atoms with Gasteiger partial charge in [-0.25, -0.2) is 8.78 Å². The number of hydrogen-bond acceptors (Lipinski definition) is 2. The van der Waals surface area contributed by atoms with Crippen LogP contribution in [0.5, 0.6) is 0 Å². The summed E-state index contributed by atoms with van der Waals surface area (Å²) in [6, 6.07) is 0. The second kappa shape index (κ2) is 5.11. The average molecular weight is 376 g/mol. The molecule has 6 heteroatoms. The topological polar surface area (TPSA) is 30.0 Å². The highest BCUT2D eigenvalue weighted by Gasteiger charge is 2.20. The van der Waals surface area contributed by atoms with Crippen molar-refractivity contribution in [2.24, 2.45) is 0 Å². The van der Waals surface area contributed by atoms with Crippen molar-refractivity contribution in [3.8, 4) is 0 Å². The van der Waals surface area contributed by atoms with Gasteiger partial charge < -0.3 is 0 Å². The van der Waals surface area contributed by atoms with Crippen LogP contribution in [-0.2, 0) is 5.33 Å². The summed E-state index contributed by atoms with van der Waals surface area (Å²) >= 11 is 5.02.